The van der Waals surface area contributed by atoms with Crippen molar-refractivity contribution in [2.24, 2.45) is 0 Å². The molecular weight excluding hydrogens is 482 g/mol. The lowest BCUT2D eigenvalue weighted by Crippen LogP contribution is -2.23. The van der Waals surface area contributed by atoms with Crippen molar-refractivity contribution in [2.45, 2.75) is 26.9 Å². The molecule has 0 aliphatic carbocycles. The Morgan fingerprint density at radius 3 is 2.85 bits per heavy atom. The molecule has 1 aromatic carbocycles. The normalized spacial score (nSPS) is 11.4. The Morgan fingerprint density at radius 2 is 2.03 bits per heavy atom. The van der Waals surface area contributed by atoms with E-state index >= 15 is 0 Å². The summed E-state index contributed by atoms with van der Waals surface area (Å²) in [6.07, 6.45) is 6.97. The monoisotopic (exact) mass is 503 g/mol. The molecule has 33 heavy (non-hydrogen) atoms. The van der Waals surface area contributed by atoms with Gasteiger partial charge < -0.3 is 11.1 Å². The zero-order valence-electron chi connectivity index (χ0n) is 18.2. The summed E-state index contributed by atoms with van der Waals surface area (Å²) in [5.74, 6) is 0.340. The lowest BCUT2D eigenvalue weighted by molar-refractivity contribution is 0.0950. The molecule has 0 aliphatic heterocycles. The fraction of sp³-hybridized carbons (Fsp3) is 0.167. The number of benzene rings is 1. The maximum Gasteiger partial charge on any atom is 0.254 e. The molecule has 0 bridgehead atoms. The molecule has 1 amide bonds. The lowest BCUT2D eigenvalue weighted by atomic mass is 9.96. The minimum absolute atomic E-state index is 0.174. The van der Waals surface area contributed by atoms with Crippen molar-refractivity contribution in [2.75, 3.05) is 5.73 Å². The van der Waals surface area contributed by atoms with E-state index in [4.69, 9.17) is 5.73 Å². The van der Waals surface area contributed by atoms with Gasteiger partial charge in [0.15, 0.2) is 0 Å². The van der Waals surface area contributed by atoms with Gasteiger partial charge >= 0.3 is 0 Å². The standard InChI is InChI=1S/C24H22BrN7O/c1-14-8-19-18(6-7-27-23(19)26)15(2)20(14)10-28-24(33)16-9-29-31(11-16)12-17-13-32-21(25)4-3-5-22(32)30-17/h3-9,11,13H,10,12H2,1-2H3,(H2,26,27)(H,28,33). The molecule has 0 saturated carbocycles. The lowest BCUT2D eigenvalue weighted by Gasteiger charge is -2.14. The van der Waals surface area contributed by atoms with Gasteiger partial charge in [-0.05, 0) is 76.1 Å². The number of hydrogen-bond donors (Lipinski definition) is 2. The van der Waals surface area contributed by atoms with Crippen LogP contribution >= 0.6 is 15.9 Å². The number of pyridine rings is 2. The Labute approximate surface area is 198 Å². The van der Waals surface area contributed by atoms with E-state index in [1.54, 1.807) is 23.3 Å². The predicted molar refractivity (Wildman–Crippen MR) is 131 cm³/mol. The Kier molecular flexibility index (Phi) is 5.33. The third kappa shape index (κ3) is 3.95. The number of nitrogens with two attached hydrogens (primary N) is 1. The number of amides is 1. The molecule has 8 nitrogen and oxygen atoms in total. The number of nitrogens with one attached hydrogen (secondary N) is 1. The largest absolute Gasteiger partial charge is 0.383 e. The first-order valence-electron chi connectivity index (χ1n) is 10.5. The van der Waals surface area contributed by atoms with Crippen LogP contribution in [0.4, 0.5) is 5.82 Å². The fourth-order valence-electron chi connectivity index (χ4n) is 4.11. The zero-order valence-corrected chi connectivity index (χ0v) is 19.8. The van der Waals surface area contributed by atoms with Crippen LogP contribution < -0.4 is 11.1 Å². The quantitative estimate of drug-likeness (QED) is 0.352. The van der Waals surface area contributed by atoms with Crippen molar-refractivity contribution < 1.29 is 4.79 Å². The van der Waals surface area contributed by atoms with Crippen LogP contribution in [0.25, 0.3) is 16.4 Å². The van der Waals surface area contributed by atoms with E-state index in [0.717, 1.165) is 43.4 Å². The number of halogens is 1. The van der Waals surface area contributed by atoms with Crippen LogP contribution in [0.15, 0.2) is 59.7 Å². The molecule has 9 heteroatoms. The van der Waals surface area contributed by atoms with Crippen molar-refractivity contribution in [1.82, 2.24) is 29.5 Å². The molecule has 5 aromatic rings. The minimum atomic E-state index is -0.174. The number of hydrogen-bond acceptors (Lipinski definition) is 5. The highest BCUT2D eigenvalue weighted by Gasteiger charge is 2.14. The molecule has 4 heterocycles. The predicted octanol–water partition coefficient (Wildman–Crippen LogP) is 4.02. The Balaban J connectivity index is 1.31. The van der Waals surface area contributed by atoms with Crippen LogP contribution in [-0.2, 0) is 13.1 Å². The summed E-state index contributed by atoms with van der Waals surface area (Å²) in [6.45, 7) is 4.95. The summed E-state index contributed by atoms with van der Waals surface area (Å²) in [4.78, 5) is 21.6. The second kappa shape index (κ2) is 8.32. The molecule has 0 fully saturated rings. The smallest absolute Gasteiger partial charge is 0.254 e. The first-order valence-corrected chi connectivity index (χ1v) is 11.3. The minimum Gasteiger partial charge on any atom is -0.383 e. The van der Waals surface area contributed by atoms with Gasteiger partial charge in [-0.2, -0.15) is 5.10 Å². The molecular formula is C24H22BrN7O. The highest BCUT2D eigenvalue weighted by molar-refractivity contribution is 9.10. The number of rotatable bonds is 5. The highest BCUT2D eigenvalue weighted by atomic mass is 79.9. The average molecular weight is 504 g/mol. The van der Waals surface area contributed by atoms with E-state index in [0.29, 0.717) is 24.5 Å². The maximum absolute atomic E-state index is 12.8. The molecule has 0 unspecified atom stereocenters. The van der Waals surface area contributed by atoms with Gasteiger partial charge in [0.2, 0.25) is 0 Å². The Hall–Kier alpha value is -3.72. The summed E-state index contributed by atoms with van der Waals surface area (Å²) in [6, 6.07) is 9.82. The third-order valence-electron chi connectivity index (χ3n) is 5.85. The number of carbonyl (C=O) groups is 1. The van der Waals surface area contributed by atoms with Gasteiger partial charge in [0.1, 0.15) is 11.5 Å². The van der Waals surface area contributed by atoms with E-state index in [9.17, 15) is 4.79 Å². The SMILES string of the molecule is Cc1cc2c(N)nccc2c(C)c1CNC(=O)c1cnn(Cc2cn3c(Br)cccc3n2)c1. The first kappa shape index (κ1) is 21.1. The van der Waals surface area contributed by atoms with E-state index in [-0.39, 0.29) is 5.91 Å². The summed E-state index contributed by atoms with van der Waals surface area (Å²) < 4.78 is 4.61. The van der Waals surface area contributed by atoms with Crippen LogP contribution in [0, 0.1) is 13.8 Å². The number of aromatic nitrogens is 5. The van der Waals surface area contributed by atoms with Gasteiger partial charge in [0, 0.05) is 30.5 Å². The van der Waals surface area contributed by atoms with Crippen LogP contribution in [0.1, 0.15) is 32.7 Å². The highest BCUT2D eigenvalue weighted by Crippen LogP contribution is 2.27. The van der Waals surface area contributed by atoms with Crippen LogP contribution in [-0.4, -0.2) is 30.1 Å². The van der Waals surface area contributed by atoms with E-state index < -0.39 is 0 Å². The van der Waals surface area contributed by atoms with Crippen molar-refractivity contribution in [3.8, 4) is 0 Å². The number of imidazole rings is 1. The number of anilines is 1. The molecule has 0 atom stereocenters. The molecule has 0 radical (unpaired) electrons. The van der Waals surface area contributed by atoms with Gasteiger partial charge in [0.05, 0.1) is 28.6 Å². The van der Waals surface area contributed by atoms with Crippen LogP contribution in [0.5, 0.6) is 0 Å². The fourth-order valence-corrected chi connectivity index (χ4v) is 4.55. The molecule has 166 valence electrons. The van der Waals surface area contributed by atoms with E-state index in [1.807, 2.05) is 54.8 Å². The van der Waals surface area contributed by atoms with Gasteiger partial charge in [-0.1, -0.05) is 6.07 Å². The molecule has 3 N–H and O–H groups in total. The molecule has 0 spiro atoms. The number of nitrogens with zero attached hydrogens (tertiary/aromatic N) is 5. The average Bonchev–Trinajstić information content (AvgIpc) is 3.42. The molecule has 0 saturated heterocycles. The van der Waals surface area contributed by atoms with Crippen molar-refractivity contribution in [1.29, 1.82) is 0 Å². The van der Waals surface area contributed by atoms with Crippen molar-refractivity contribution >= 4 is 44.1 Å². The second-order valence-electron chi connectivity index (χ2n) is 8.01. The van der Waals surface area contributed by atoms with Gasteiger partial charge in [-0.3, -0.25) is 13.9 Å². The van der Waals surface area contributed by atoms with Crippen LogP contribution in [0.3, 0.4) is 0 Å². The van der Waals surface area contributed by atoms with Crippen LogP contribution in [0.2, 0.25) is 0 Å². The summed E-state index contributed by atoms with van der Waals surface area (Å²) in [5, 5.41) is 9.34. The number of aryl methyl sites for hydroxylation is 2. The van der Waals surface area contributed by atoms with Crippen molar-refractivity contribution in [3.63, 3.8) is 0 Å². The third-order valence-corrected chi connectivity index (χ3v) is 6.50. The number of nitrogen functional groups attached to an aromatic ring is 1. The summed E-state index contributed by atoms with van der Waals surface area (Å²) in [7, 11) is 0. The topological polar surface area (TPSA) is 103 Å². The summed E-state index contributed by atoms with van der Waals surface area (Å²) >= 11 is 3.52. The van der Waals surface area contributed by atoms with Gasteiger partial charge in [-0.15, -0.1) is 0 Å². The number of carbonyl (C=O) groups excluding carboxylic acids is 1. The van der Waals surface area contributed by atoms with E-state index in [2.05, 4.69) is 36.3 Å². The summed E-state index contributed by atoms with van der Waals surface area (Å²) in [5.41, 5.74) is 11.5. The van der Waals surface area contributed by atoms with Crippen molar-refractivity contribution in [3.05, 3.63) is 87.7 Å². The Bertz CT molecular complexity index is 1520. The number of fused-ring (bicyclic) bond motifs is 2. The second-order valence-corrected chi connectivity index (χ2v) is 8.82. The zero-order chi connectivity index (χ0) is 23.1. The van der Waals surface area contributed by atoms with E-state index in [1.165, 1.54) is 0 Å². The maximum atomic E-state index is 12.8. The molecule has 4 aromatic heterocycles. The Morgan fingerprint density at radius 1 is 1.18 bits per heavy atom. The van der Waals surface area contributed by atoms with Gasteiger partial charge in [-0.25, -0.2) is 9.97 Å². The first-order chi connectivity index (χ1) is 15.9. The molecule has 5 rings (SSSR count). The molecule has 0 aliphatic rings. The van der Waals surface area contributed by atoms with Gasteiger partial charge in [0.25, 0.3) is 5.91 Å².